The van der Waals surface area contributed by atoms with E-state index in [0.29, 0.717) is 45.6 Å². The average Bonchev–Trinajstić information content (AvgIpc) is 3.17. The van der Waals surface area contributed by atoms with E-state index in [2.05, 4.69) is 10.2 Å². The monoisotopic (exact) mass is 447 g/mol. The molecule has 1 unspecified atom stereocenters. The van der Waals surface area contributed by atoms with Gasteiger partial charge in [-0.25, -0.2) is 0 Å². The molecular weight excluding hydrogens is 429 g/mol. The van der Waals surface area contributed by atoms with Gasteiger partial charge in [0.05, 0.1) is 34.8 Å². The van der Waals surface area contributed by atoms with E-state index in [1.807, 2.05) is 0 Å². The second-order valence-electron chi connectivity index (χ2n) is 7.07. The molecule has 1 N–H and O–H groups in total. The van der Waals surface area contributed by atoms with Crippen LogP contribution < -0.4 is 9.47 Å². The van der Waals surface area contributed by atoms with Crippen LogP contribution in [0.25, 0.3) is 11.3 Å². The molecule has 1 aliphatic carbocycles. The number of hydrogen-bond donors (Lipinski definition) is 1. The minimum atomic E-state index is -0.385. The molecule has 0 radical (unpaired) electrons. The van der Waals surface area contributed by atoms with Crippen molar-refractivity contribution in [3.63, 3.8) is 0 Å². The first-order chi connectivity index (χ1) is 14.5. The molecule has 1 atom stereocenters. The van der Waals surface area contributed by atoms with Gasteiger partial charge in [0.2, 0.25) is 0 Å². The number of nitro benzene ring substituents is 1. The van der Waals surface area contributed by atoms with E-state index in [1.165, 1.54) is 6.07 Å². The van der Waals surface area contributed by atoms with E-state index in [1.54, 1.807) is 38.5 Å². The summed E-state index contributed by atoms with van der Waals surface area (Å²) in [4.78, 5) is 11.0. The lowest BCUT2D eigenvalue weighted by atomic mass is 9.81. The highest BCUT2D eigenvalue weighted by molar-refractivity contribution is 6.38. The van der Waals surface area contributed by atoms with Crippen LogP contribution in [0.1, 0.15) is 29.2 Å². The van der Waals surface area contributed by atoms with Crippen LogP contribution in [0.4, 0.5) is 5.69 Å². The summed E-state index contributed by atoms with van der Waals surface area (Å²) < 4.78 is 10.8. The van der Waals surface area contributed by atoms with Crippen molar-refractivity contribution in [2.75, 3.05) is 14.2 Å². The third-order valence-corrected chi connectivity index (χ3v) is 6.30. The number of nitro groups is 1. The summed E-state index contributed by atoms with van der Waals surface area (Å²) in [6.07, 6.45) is 2.07. The van der Waals surface area contributed by atoms with Gasteiger partial charge in [-0.3, -0.25) is 15.2 Å². The molecule has 4 rings (SSSR count). The average molecular weight is 448 g/mol. The molecule has 7 nitrogen and oxygen atoms in total. The number of ether oxygens (including phenoxy) is 2. The van der Waals surface area contributed by atoms with Gasteiger partial charge in [-0.15, -0.1) is 0 Å². The molecule has 1 heterocycles. The predicted octanol–water partition coefficient (Wildman–Crippen LogP) is 5.58. The van der Waals surface area contributed by atoms with Crippen molar-refractivity contribution < 1.29 is 14.4 Å². The molecule has 156 valence electrons. The van der Waals surface area contributed by atoms with E-state index in [9.17, 15) is 10.1 Å². The summed E-state index contributed by atoms with van der Waals surface area (Å²) in [6, 6.07) is 8.31. The van der Waals surface area contributed by atoms with E-state index in [0.717, 1.165) is 23.2 Å². The second kappa shape index (κ2) is 8.16. The third kappa shape index (κ3) is 3.38. The Morgan fingerprint density at radius 2 is 1.83 bits per heavy atom. The number of halogens is 2. The van der Waals surface area contributed by atoms with E-state index >= 15 is 0 Å². The van der Waals surface area contributed by atoms with Gasteiger partial charge in [0, 0.05) is 29.0 Å². The number of hydrogen-bond acceptors (Lipinski definition) is 5. The topological polar surface area (TPSA) is 90.3 Å². The number of aromatic amines is 1. The van der Waals surface area contributed by atoms with Crippen LogP contribution in [0, 0.1) is 10.1 Å². The number of nitrogens with one attached hydrogen (secondary N) is 1. The quantitative estimate of drug-likeness (QED) is 0.407. The highest BCUT2D eigenvalue weighted by Gasteiger charge is 2.31. The van der Waals surface area contributed by atoms with Gasteiger partial charge in [0.25, 0.3) is 5.69 Å². The van der Waals surface area contributed by atoms with Gasteiger partial charge in [-0.2, -0.15) is 5.10 Å². The molecule has 30 heavy (non-hydrogen) atoms. The molecule has 0 saturated carbocycles. The molecule has 0 fully saturated rings. The summed E-state index contributed by atoms with van der Waals surface area (Å²) in [5.74, 6) is 1.04. The van der Waals surface area contributed by atoms with E-state index in [4.69, 9.17) is 32.7 Å². The summed E-state index contributed by atoms with van der Waals surface area (Å²) in [5, 5.41) is 19.8. The maximum Gasteiger partial charge on any atom is 0.278 e. The molecule has 1 aliphatic rings. The molecular formula is C21H19Cl2N3O4. The first-order valence-electron chi connectivity index (χ1n) is 9.36. The molecule has 9 heteroatoms. The van der Waals surface area contributed by atoms with Crippen LogP contribution in [0.3, 0.4) is 0 Å². The number of nitrogens with zero attached hydrogens (tertiary/aromatic N) is 2. The predicted molar refractivity (Wildman–Crippen MR) is 115 cm³/mol. The van der Waals surface area contributed by atoms with Crippen molar-refractivity contribution in [2.24, 2.45) is 0 Å². The van der Waals surface area contributed by atoms with Crippen LogP contribution >= 0.6 is 23.2 Å². The SMILES string of the molecule is COc1cc(OC)c(Cl)c(C2CCc3c(-c4ccccc4[N+](=O)[O-])n[nH]c3C2)c1Cl. The Hall–Kier alpha value is -2.77. The minimum Gasteiger partial charge on any atom is -0.495 e. The fourth-order valence-corrected chi connectivity index (χ4v) is 4.88. The summed E-state index contributed by atoms with van der Waals surface area (Å²) in [5.41, 5.74) is 3.87. The molecule has 0 bridgehead atoms. The van der Waals surface area contributed by atoms with Gasteiger partial charge in [-0.1, -0.05) is 35.3 Å². The Bertz CT molecular complexity index is 1100. The number of fused-ring (bicyclic) bond motifs is 1. The highest BCUT2D eigenvalue weighted by atomic mass is 35.5. The Morgan fingerprint density at radius 1 is 1.17 bits per heavy atom. The van der Waals surface area contributed by atoms with E-state index in [-0.39, 0.29) is 16.5 Å². The number of H-pyrrole nitrogens is 1. The van der Waals surface area contributed by atoms with E-state index < -0.39 is 0 Å². The first kappa shape index (κ1) is 20.5. The summed E-state index contributed by atoms with van der Waals surface area (Å²) in [6.45, 7) is 0. The number of aromatic nitrogens is 2. The molecule has 0 saturated heterocycles. The summed E-state index contributed by atoms with van der Waals surface area (Å²) >= 11 is 13.2. The van der Waals surface area contributed by atoms with Crippen molar-refractivity contribution in [1.29, 1.82) is 0 Å². The maximum atomic E-state index is 11.4. The van der Waals surface area contributed by atoms with Crippen LogP contribution in [0.5, 0.6) is 11.5 Å². The number of rotatable bonds is 5. The zero-order chi connectivity index (χ0) is 21.4. The van der Waals surface area contributed by atoms with Crippen molar-refractivity contribution in [2.45, 2.75) is 25.2 Å². The van der Waals surface area contributed by atoms with Crippen molar-refractivity contribution >= 4 is 28.9 Å². The number of methoxy groups -OCH3 is 2. The zero-order valence-corrected chi connectivity index (χ0v) is 17.9. The van der Waals surface area contributed by atoms with Gasteiger partial charge in [0.15, 0.2) is 0 Å². The largest absolute Gasteiger partial charge is 0.495 e. The normalized spacial score (nSPS) is 15.5. The lowest BCUT2D eigenvalue weighted by Crippen LogP contribution is -2.14. The molecule has 2 aromatic carbocycles. The van der Waals surface area contributed by atoms with Gasteiger partial charge in [-0.05, 0) is 31.2 Å². The van der Waals surface area contributed by atoms with Crippen LogP contribution in [-0.4, -0.2) is 29.3 Å². The third-order valence-electron chi connectivity index (χ3n) is 5.52. The highest BCUT2D eigenvalue weighted by Crippen LogP contribution is 2.48. The lowest BCUT2D eigenvalue weighted by Gasteiger charge is -2.26. The van der Waals surface area contributed by atoms with Crippen molar-refractivity contribution in [3.05, 3.63) is 67.3 Å². The van der Waals surface area contributed by atoms with Crippen molar-refractivity contribution in [1.82, 2.24) is 10.2 Å². The molecule has 0 amide bonds. The Morgan fingerprint density at radius 3 is 2.47 bits per heavy atom. The zero-order valence-electron chi connectivity index (χ0n) is 16.4. The minimum absolute atomic E-state index is 0.0283. The molecule has 0 aliphatic heterocycles. The maximum absolute atomic E-state index is 11.4. The Labute approximate surface area is 183 Å². The smallest absolute Gasteiger partial charge is 0.278 e. The van der Waals surface area contributed by atoms with Crippen LogP contribution in [0.2, 0.25) is 10.0 Å². The number of benzene rings is 2. The molecule has 0 spiro atoms. The van der Waals surface area contributed by atoms with Crippen LogP contribution in [0.15, 0.2) is 30.3 Å². The molecule has 1 aromatic heterocycles. The van der Waals surface area contributed by atoms with Gasteiger partial charge in [0.1, 0.15) is 17.2 Å². The fraction of sp³-hybridized carbons (Fsp3) is 0.286. The second-order valence-corrected chi connectivity index (χ2v) is 7.82. The van der Waals surface area contributed by atoms with Gasteiger partial charge >= 0.3 is 0 Å². The summed E-state index contributed by atoms with van der Waals surface area (Å²) in [7, 11) is 3.09. The first-order valence-corrected chi connectivity index (χ1v) is 10.1. The Balaban J connectivity index is 1.73. The molecule has 3 aromatic rings. The fourth-order valence-electron chi connectivity index (χ4n) is 4.07. The number of para-hydroxylation sites is 1. The standard InChI is InChI=1S/C21H19Cl2N3O4/c1-29-16-10-17(30-2)20(23)18(19(16)22)11-7-8-12-14(9-11)24-25-21(12)13-5-3-4-6-15(13)26(27)28/h3-6,10-11H,7-9H2,1-2H3,(H,24,25). The van der Waals surface area contributed by atoms with Crippen molar-refractivity contribution in [3.8, 4) is 22.8 Å². The lowest BCUT2D eigenvalue weighted by molar-refractivity contribution is -0.384. The Kier molecular flexibility index (Phi) is 5.58. The van der Waals surface area contributed by atoms with Gasteiger partial charge < -0.3 is 9.47 Å². The van der Waals surface area contributed by atoms with Crippen LogP contribution in [-0.2, 0) is 12.8 Å².